The average molecular weight is 329 g/mol. The predicted octanol–water partition coefficient (Wildman–Crippen LogP) is 0.728. The van der Waals surface area contributed by atoms with E-state index in [0.29, 0.717) is 19.4 Å². The maximum Gasteiger partial charge on any atom is 0.246 e. The van der Waals surface area contributed by atoms with Gasteiger partial charge in [-0.3, -0.25) is 19.2 Å². The lowest BCUT2D eigenvalue weighted by Gasteiger charge is -2.28. The number of hydrogen-bond donors (Lipinski definition) is 1. The molecule has 1 fully saturated rings. The van der Waals surface area contributed by atoms with E-state index in [9.17, 15) is 9.59 Å². The maximum atomic E-state index is 11.9. The lowest BCUT2D eigenvalue weighted by molar-refractivity contribution is -0.148. The largest absolute Gasteiger partial charge is 0.300 e. The molecule has 7 heteroatoms. The zero-order valence-electron chi connectivity index (χ0n) is 11.2. The molecule has 1 aliphatic rings. The first-order valence-electron chi connectivity index (χ1n) is 6.13. The van der Waals surface area contributed by atoms with Gasteiger partial charge < -0.3 is 5.32 Å². The molecule has 19 heavy (non-hydrogen) atoms. The van der Waals surface area contributed by atoms with E-state index in [4.69, 9.17) is 0 Å². The van der Waals surface area contributed by atoms with Crippen LogP contribution in [0.4, 0.5) is 0 Å². The molecule has 1 aliphatic heterocycles. The third-order valence-electron chi connectivity index (χ3n) is 3.43. The SMILES string of the molecule is Cc1nn(C)c(CNC2CCC(=O)N(C)C2=O)c1Br. The number of carbonyl (C=O) groups excluding carboxylic acids is 2. The Bertz CT molecular complexity index is 526. The lowest BCUT2D eigenvalue weighted by Crippen LogP contribution is -2.51. The minimum Gasteiger partial charge on any atom is -0.300 e. The van der Waals surface area contributed by atoms with Crippen molar-refractivity contribution in [2.24, 2.45) is 7.05 Å². The fourth-order valence-electron chi connectivity index (χ4n) is 2.20. The van der Waals surface area contributed by atoms with Gasteiger partial charge >= 0.3 is 0 Å². The van der Waals surface area contributed by atoms with E-state index in [0.717, 1.165) is 15.9 Å². The summed E-state index contributed by atoms with van der Waals surface area (Å²) in [5, 5.41) is 7.50. The Balaban J connectivity index is 2.03. The highest BCUT2D eigenvalue weighted by Crippen LogP contribution is 2.20. The van der Waals surface area contributed by atoms with Crippen LogP contribution in [0.3, 0.4) is 0 Å². The lowest BCUT2D eigenvalue weighted by atomic mass is 10.0. The fourth-order valence-corrected chi connectivity index (χ4v) is 2.67. The number of likely N-dealkylation sites (tertiary alicyclic amines) is 1. The molecule has 0 aromatic carbocycles. The van der Waals surface area contributed by atoms with Gasteiger partial charge in [-0.1, -0.05) is 0 Å². The molecule has 6 nitrogen and oxygen atoms in total. The highest BCUT2D eigenvalue weighted by molar-refractivity contribution is 9.10. The van der Waals surface area contributed by atoms with Crippen LogP contribution in [0, 0.1) is 6.92 Å². The topological polar surface area (TPSA) is 67.2 Å². The summed E-state index contributed by atoms with van der Waals surface area (Å²) < 4.78 is 2.74. The van der Waals surface area contributed by atoms with Crippen molar-refractivity contribution in [1.29, 1.82) is 0 Å². The number of likely N-dealkylation sites (N-methyl/N-ethyl adjacent to an activating group) is 1. The van der Waals surface area contributed by atoms with Crippen LogP contribution in [-0.2, 0) is 23.2 Å². The summed E-state index contributed by atoms with van der Waals surface area (Å²) in [6.07, 6.45) is 0.960. The van der Waals surface area contributed by atoms with Gasteiger partial charge in [0.15, 0.2) is 0 Å². The number of halogens is 1. The number of imide groups is 1. The second-order valence-electron chi connectivity index (χ2n) is 4.73. The van der Waals surface area contributed by atoms with Crippen molar-refractivity contribution in [2.45, 2.75) is 32.4 Å². The number of nitrogens with one attached hydrogen (secondary N) is 1. The molecule has 2 rings (SSSR count). The Morgan fingerprint density at radius 3 is 2.68 bits per heavy atom. The number of hydrogen-bond acceptors (Lipinski definition) is 4. The van der Waals surface area contributed by atoms with Crippen molar-refractivity contribution in [3.05, 3.63) is 15.9 Å². The third-order valence-corrected chi connectivity index (χ3v) is 4.46. The van der Waals surface area contributed by atoms with Gasteiger partial charge in [-0.05, 0) is 29.3 Å². The van der Waals surface area contributed by atoms with Gasteiger partial charge in [0.2, 0.25) is 11.8 Å². The van der Waals surface area contributed by atoms with Crippen LogP contribution in [0.2, 0.25) is 0 Å². The molecule has 104 valence electrons. The summed E-state index contributed by atoms with van der Waals surface area (Å²) in [4.78, 5) is 24.5. The van der Waals surface area contributed by atoms with Crippen LogP contribution in [-0.4, -0.2) is 39.6 Å². The molecular formula is C12H17BrN4O2. The fraction of sp³-hybridized carbons (Fsp3) is 0.583. The van der Waals surface area contributed by atoms with Crippen LogP contribution >= 0.6 is 15.9 Å². The summed E-state index contributed by atoms with van der Waals surface area (Å²) in [5.41, 5.74) is 1.91. The molecule has 0 radical (unpaired) electrons. The Kier molecular flexibility index (Phi) is 4.05. The molecule has 0 spiro atoms. The van der Waals surface area contributed by atoms with E-state index >= 15 is 0 Å². The van der Waals surface area contributed by atoms with Crippen molar-refractivity contribution < 1.29 is 9.59 Å². The molecule has 1 N–H and O–H groups in total. The quantitative estimate of drug-likeness (QED) is 0.830. The van der Waals surface area contributed by atoms with Crippen molar-refractivity contribution in [2.75, 3.05) is 7.05 Å². The molecule has 0 aliphatic carbocycles. The van der Waals surface area contributed by atoms with Crippen molar-refractivity contribution >= 4 is 27.7 Å². The maximum absolute atomic E-state index is 11.9. The van der Waals surface area contributed by atoms with Gasteiger partial charge in [0.05, 0.1) is 21.9 Å². The summed E-state index contributed by atoms with van der Waals surface area (Å²) in [6, 6.07) is -0.301. The van der Waals surface area contributed by atoms with E-state index < -0.39 is 0 Å². The summed E-state index contributed by atoms with van der Waals surface area (Å²) in [5.74, 6) is -0.271. The predicted molar refractivity (Wildman–Crippen MR) is 73.3 cm³/mol. The molecule has 2 amide bonds. The smallest absolute Gasteiger partial charge is 0.246 e. The molecule has 2 heterocycles. The van der Waals surface area contributed by atoms with Gasteiger partial charge in [0.1, 0.15) is 0 Å². The Labute approximate surface area is 120 Å². The van der Waals surface area contributed by atoms with E-state index in [-0.39, 0.29) is 17.9 Å². The summed E-state index contributed by atoms with van der Waals surface area (Å²) in [7, 11) is 3.40. The number of amides is 2. The Hall–Kier alpha value is -1.21. The zero-order chi connectivity index (χ0) is 14.2. The first kappa shape index (κ1) is 14.2. The van der Waals surface area contributed by atoms with Gasteiger partial charge in [0.25, 0.3) is 0 Å². The second-order valence-corrected chi connectivity index (χ2v) is 5.53. The Morgan fingerprint density at radius 2 is 2.11 bits per heavy atom. The average Bonchev–Trinajstić information content (AvgIpc) is 2.61. The van der Waals surface area contributed by atoms with Gasteiger partial charge in [0, 0.05) is 27.1 Å². The van der Waals surface area contributed by atoms with Gasteiger partial charge in [-0.25, -0.2) is 0 Å². The summed E-state index contributed by atoms with van der Waals surface area (Å²) >= 11 is 3.49. The van der Waals surface area contributed by atoms with Crippen molar-refractivity contribution in [1.82, 2.24) is 20.0 Å². The molecule has 1 aromatic heterocycles. The Morgan fingerprint density at radius 1 is 1.42 bits per heavy atom. The van der Waals surface area contributed by atoms with Crippen LogP contribution < -0.4 is 5.32 Å². The molecule has 1 aromatic rings. The minimum absolute atomic E-state index is 0.111. The number of aryl methyl sites for hydroxylation is 2. The van der Waals surface area contributed by atoms with Crippen molar-refractivity contribution in [3.63, 3.8) is 0 Å². The zero-order valence-corrected chi connectivity index (χ0v) is 12.8. The molecule has 1 unspecified atom stereocenters. The standard InChI is InChI=1S/C12H17BrN4O2/c1-7-11(13)9(17(3)15-7)6-14-8-4-5-10(18)16(2)12(8)19/h8,14H,4-6H2,1-3H3. The highest BCUT2D eigenvalue weighted by atomic mass is 79.9. The first-order valence-corrected chi connectivity index (χ1v) is 6.93. The monoisotopic (exact) mass is 328 g/mol. The number of piperidine rings is 1. The van der Waals surface area contributed by atoms with E-state index in [1.165, 1.54) is 11.9 Å². The molecule has 0 bridgehead atoms. The second kappa shape index (κ2) is 5.42. The third kappa shape index (κ3) is 2.71. The number of aromatic nitrogens is 2. The molecular weight excluding hydrogens is 312 g/mol. The van der Waals surface area contributed by atoms with Gasteiger partial charge in [-0.2, -0.15) is 5.10 Å². The first-order chi connectivity index (χ1) is 8.91. The van der Waals surface area contributed by atoms with Crippen LogP contribution in [0.25, 0.3) is 0 Å². The van der Waals surface area contributed by atoms with Gasteiger partial charge in [-0.15, -0.1) is 0 Å². The van der Waals surface area contributed by atoms with Crippen LogP contribution in [0.15, 0.2) is 4.47 Å². The number of nitrogens with zero attached hydrogens (tertiary/aromatic N) is 3. The molecule has 1 saturated heterocycles. The normalized spacial score (nSPS) is 20.2. The van der Waals surface area contributed by atoms with E-state index in [1.54, 1.807) is 4.68 Å². The van der Waals surface area contributed by atoms with Crippen LogP contribution in [0.1, 0.15) is 24.2 Å². The number of rotatable bonds is 3. The summed E-state index contributed by atoms with van der Waals surface area (Å²) in [6.45, 7) is 2.46. The molecule has 0 saturated carbocycles. The minimum atomic E-state index is -0.301. The van der Waals surface area contributed by atoms with Crippen molar-refractivity contribution in [3.8, 4) is 0 Å². The molecule has 1 atom stereocenters. The van der Waals surface area contributed by atoms with E-state index in [2.05, 4.69) is 26.3 Å². The van der Waals surface area contributed by atoms with E-state index in [1.807, 2.05) is 14.0 Å². The number of carbonyl (C=O) groups is 2. The highest BCUT2D eigenvalue weighted by Gasteiger charge is 2.31. The van der Waals surface area contributed by atoms with Crippen LogP contribution in [0.5, 0.6) is 0 Å².